The molecule has 0 saturated carbocycles. The first-order valence-electron chi connectivity index (χ1n) is 7.70. The highest BCUT2D eigenvalue weighted by Gasteiger charge is 2.34. The summed E-state index contributed by atoms with van der Waals surface area (Å²) in [4.78, 5) is 5.23. The molecule has 3 heterocycles. The Kier molecular flexibility index (Phi) is 5.10. The van der Waals surface area contributed by atoms with Crippen LogP contribution in [0.2, 0.25) is 0 Å². The van der Waals surface area contributed by atoms with Gasteiger partial charge in [0.05, 0.1) is 27.8 Å². The molecule has 0 amide bonds. The van der Waals surface area contributed by atoms with Crippen LogP contribution in [0, 0.1) is 6.92 Å². The lowest BCUT2D eigenvalue weighted by molar-refractivity contribution is -0.0243. The number of aliphatic hydroxyl groups excluding tert-OH is 1. The Morgan fingerprint density at radius 3 is 2.79 bits per heavy atom. The minimum atomic E-state index is -3.59. The number of thiazole rings is 1. The van der Waals surface area contributed by atoms with Crippen molar-refractivity contribution < 1.29 is 18.6 Å². The predicted octanol–water partition coefficient (Wildman–Crippen LogP) is 2.08. The highest BCUT2D eigenvalue weighted by molar-refractivity contribution is 7.91. The van der Waals surface area contributed by atoms with Gasteiger partial charge in [-0.3, -0.25) is 0 Å². The fourth-order valence-corrected chi connectivity index (χ4v) is 6.34. The quantitative estimate of drug-likeness (QED) is 0.837. The molecular weight excluding hydrogens is 368 g/mol. The monoisotopic (exact) mass is 388 g/mol. The molecule has 1 aliphatic heterocycles. The molecule has 2 aromatic rings. The zero-order valence-corrected chi connectivity index (χ0v) is 15.8. The molecule has 0 bridgehead atoms. The summed E-state index contributed by atoms with van der Waals surface area (Å²) in [5.74, 6) is 0. The van der Waals surface area contributed by atoms with Crippen molar-refractivity contribution in [1.82, 2.24) is 9.29 Å². The lowest BCUT2D eigenvalue weighted by Gasteiger charge is -2.24. The lowest BCUT2D eigenvalue weighted by Crippen LogP contribution is -2.36. The summed E-state index contributed by atoms with van der Waals surface area (Å²) in [5.41, 5.74) is -0.377. The molecule has 6 nitrogen and oxygen atoms in total. The van der Waals surface area contributed by atoms with Gasteiger partial charge in [0, 0.05) is 18.5 Å². The van der Waals surface area contributed by atoms with Crippen molar-refractivity contribution in [2.45, 2.75) is 36.0 Å². The Bertz CT molecular complexity index is 814. The van der Waals surface area contributed by atoms with Crippen molar-refractivity contribution in [2.24, 2.45) is 0 Å². The van der Waals surface area contributed by atoms with Crippen LogP contribution in [-0.2, 0) is 10.0 Å². The number of sulfonamides is 1. The Morgan fingerprint density at radius 2 is 2.12 bits per heavy atom. The summed E-state index contributed by atoms with van der Waals surface area (Å²) in [6, 6.07) is 3.40. The molecule has 1 atom stereocenters. The molecule has 132 valence electrons. The van der Waals surface area contributed by atoms with Gasteiger partial charge in [0.2, 0.25) is 0 Å². The van der Waals surface area contributed by atoms with E-state index in [1.807, 2.05) is 12.3 Å². The molecule has 0 radical (unpaired) electrons. The first-order valence-corrected chi connectivity index (χ1v) is 10.8. The van der Waals surface area contributed by atoms with E-state index in [1.165, 1.54) is 27.0 Å². The van der Waals surface area contributed by atoms with E-state index in [4.69, 9.17) is 0 Å². The summed E-state index contributed by atoms with van der Waals surface area (Å²) >= 11 is 2.75. The van der Waals surface area contributed by atoms with Gasteiger partial charge in [-0.1, -0.05) is 0 Å². The molecule has 0 spiro atoms. The second-order valence-corrected chi connectivity index (χ2v) is 10.3. The Labute approximate surface area is 149 Å². The minimum Gasteiger partial charge on any atom is -0.393 e. The summed E-state index contributed by atoms with van der Waals surface area (Å²) in [6.45, 7) is 2.14. The summed E-state index contributed by atoms with van der Waals surface area (Å²) in [6.07, 6.45) is 1.18. The van der Waals surface area contributed by atoms with E-state index in [0.29, 0.717) is 19.4 Å². The number of hydrogen-bond acceptors (Lipinski definition) is 7. The van der Waals surface area contributed by atoms with Gasteiger partial charge in [0.1, 0.15) is 4.21 Å². The van der Waals surface area contributed by atoms with Crippen LogP contribution < -0.4 is 0 Å². The number of aromatic nitrogens is 1. The lowest BCUT2D eigenvalue weighted by atomic mass is 9.96. The first-order chi connectivity index (χ1) is 11.3. The van der Waals surface area contributed by atoms with Crippen molar-refractivity contribution >= 4 is 32.7 Å². The number of hydrogen-bond donors (Lipinski definition) is 2. The van der Waals surface area contributed by atoms with Gasteiger partial charge in [0.25, 0.3) is 10.0 Å². The topological polar surface area (TPSA) is 90.7 Å². The van der Waals surface area contributed by atoms with Crippen LogP contribution in [0.25, 0.3) is 10.6 Å². The number of aliphatic hydroxyl groups is 2. The molecule has 24 heavy (non-hydrogen) atoms. The van der Waals surface area contributed by atoms with E-state index < -0.39 is 15.6 Å². The van der Waals surface area contributed by atoms with Gasteiger partial charge in [0.15, 0.2) is 0 Å². The fourth-order valence-electron chi connectivity index (χ4n) is 2.75. The van der Waals surface area contributed by atoms with Crippen molar-refractivity contribution in [3.8, 4) is 10.6 Å². The van der Waals surface area contributed by atoms with E-state index >= 15 is 0 Å². The van der Waals surface area contributed by atoms with Crippen molar-refractivity contribution in [1.29, 1.82) is 0 Å². The molecule has 1 saturated heterocycles. The van der Waals surface area contributed by atoms with E-state index in [0.717, 1.165) is 15.6 Å². The number of aryl methyl sites for hydroxylation is 1. The Balaban J connectivity index is 1.82. The fraction of sp³-hybridized carbons (Fsp3) is 0.533. The minimum absolute atomic E-state index is 0.211. The third-order valence-corrected chi connectivity index (χ3v) is 8.46. The predicted molar refractivity (Wildman–Crippen MR) is 94.8 cm³/mol. The van der Waals surface area contributed by atoms with Crippen molar-refractivity contribution in [2.75, 3.05) is 19.7 Å². The summed E-state index contributed by atoms with van der Waals surface area (Å²) < 4.78 is 27.4. The molecule has 2 aromatic heterocycles. The molecule has 0 aromatic carbocycles. The van der Waals surface area contributed by atoms with Gasteiger partial charge in [-0.2, -0.15) is 4.31 Å². The maximum Gasteiger partial charge on any atom is 0.252 e. The van der Waals surface area contributed by atoms with E-state index in [1.54, 1.807) is 12.1 Å². The van der Waals surface area contributed by atoms with Crippen LogP contribution in [0.1, 0.15) is 24.3 Å². The highest BCUT2D eigenvalue weighted by atomic mass is 32.2. The third-order valence-electron chi connectivity index (χ3n) is 4.22. The zero-order chi connectivity index (χ0) is 17.4. The molecule has 2 N–H and O–H groups in total. The average Bonchev–Trinajstić information content (AvgIpc) is 3.15. The summed E-state index contributed by atoms with van der Waals surface area (Å²) in [7, 11) is -3.59. The first kappa shape index (κ1) is 18.0. The van der Waals surface area contributed by atoms with E-state index in [9.17, 15) is 18.6 Å². The normalized spacial score (nSPS) is 23.3. The van der Waals surface area contributed by atoms with Gasteiger partial charge in [-0.25, -0.2) is 13.4 Å². The van der Waals surface area contributed by atoms with Crippen LogP contribution in [-0.4, -0.2) is 53.2 Å². The van der Waals surface area contributed by atoms with E-state index in [2.05, 4.69) is 4.98 Å². The maximum absolute atomic E-state index is 12.9. The third kappa shape index (κ3) is 3.56. The van der Waals surface area contributed by atoms with Crippen LogP contribution in [0.15, 0.2) is 21.7 Å². The van der Waals surface area contributed by atoms with Gasteiger partial charge < -0.3 is 10.2 Å². The number of nitrogens with zero attached hydrogens (tertiary/aromatic N) is 2. The van der Waals surface area contributed by atoms with E-state index in [-0.39, 0.29) is 23.8 Å². The second kappa shape index (κ2) is 6.81. The molecule has 0 aliphatic carbocycles. The molecule has 9 heteroatoms. The SMILES string of the molecule is Cc1nc(-c2ccc(S(=O)(=O)N3CCCC(O)(CO)CC3)s2)cs1. The second-order valence-electron chi connectivity index (χ2n) is 6.01. The van der Waals surface area contributed by atoms with Gasteiger partial charge in [-0.05, 0) is 38.3 Å². The number of thiophene rings is 1. The van der Waals surface area contributed by atoms with Gasteiger partial charge in [-0.15, -0.1) is 22.7 Å². The van der Waals surface area contributed by atoms with Crippen LogP contribution in [0.4, 0.5) is 0 Å². The average molecular weight is 389 g/mol. The molecular formula is C15H20N2O4S3. The molecule has 3 rings (SSSR count). The van der Waals surface area contributed by atoms with Crippen LogP contribution in [0.5, 0.6) is 0 Å². The largest absolute Gasteiger partial charge is 0.393 e. The molecule has 1 fully saturated rings. The van der Waals surface area contributed by atoms with Crippen molar-refractivity contribution in [3.63, 3.8) is 0 Å². The smallest absolute Gasteiger partial charge is 0.252 e. The summed E-state index contributed by atoms with van der Waals surface area (Å²) in [5, 5.41) is 22.3. The maximum atomic E-state index is 12.9. The number of rotatable bonds is 4. The standard InChI is InChI=1S/C15H20N2O4S3/c1-11-16-12(9-22-11)13-3-4-14(23-13)24(20,21)17-7-2-5-15(19,10-18)6-8-17/h3-4,9,18-19H,2,5-8,10H2,1H3. The molecule has 1 unspecified atom stereocenters. The Morgan fingerprint density at radius 1 is 1.33 bits per heavy atom. The molecule has 1 aliphatic rings. The van der Waals surface area contributed by atoms with Crippen LogP contribution >= 0.6 is 22.7 Å². The Hall–Kier alpha value is -0.840. The highest BCUT2D eigenvalue weighted by Crippen LogP contribution is 2.34. The van der Waals surface area contributed by atoms with Crippen molar-refractivity contribution in [3.05, 3.63) is 22.5 Å². The van der Waals surface area contributed by atoms with Crippen LogP contribution in [0.3, 0.4) is 0 Å². The zero-order valence-electron chi connectivity index (χ0n) is 13.3. The van der Waals surface area contributed by atoms with Gasteiger partial charge >= 0.3 is 0 Å².